The standard InChI is InChI=1S/C18H30O2/c1-3-17(18(19)20-4-2)16-12-10-15(11-13-16)14-8-6-5-7-9-14/h12,14-15,17H,3-11,13H2,1-2H3/t15-,17-/m0/s1. The van der Waals surface area contributed by atoms with Crippen LogP contribution in [-0.2, 0) is 9.53 Å². The Balaban J connectivity index is 1.91. The normalized spacial score (nSPS) is 25.9. The van der Waals surface area contributed by atoms with E-state index in [0.29, 0.717) is 6.61 Å². The van der Waals surface area contributed by atoms with Crippen LogP contribution in [0.5, 0.6) is 0 Å². The molecule has 0 amide bonds. The maximum Gasteiger partial charge on any atom is 0.313 e. The first-order valence-corrected chi connectivity index (χ1v) is 8.61. The number of hydrogen-bond donors (Lipinski definition) is 0. The van der Waals surface area contributed by atoms with Gasteiger partial charge in [-0.3, -0.25) is 4.79 Å². The average molecular weight is 278 g/mol. The Morgan fingerprint density at radius 3 is 2.50 bits per heavy atom. The second-order valence-corrected chi connectivity index (χ2v) is 6.42. The van der Waals surface area contributed by atoms with Crippen molar-refractivity contribution in [3.63, 3.8) is 0 Å². The van der Waals surface area contributed by atoms with Crippen LogP contribution in [0.2, 0.25) is 0 Å². The first kappa shape index (κ1) is 15.6. The van der Waals surface area contributed by atoms with E-state index in [2.05, 4.69) is 13.0 Å². The number of ether oxygens (including phenoxy) is 1. The summed E-state index contributed by atoms with van der Waals surface area (Å²) in [4.78, 5) is 12.0. The Labute approximate surface area is 124 Å². The molecule has 114 valence electrons. The van der Waals surface area contributed by atoms with Crippen LogP contribution in [0.3, 0.4) is 0 Å². The minimum absolute atomic E-state index is 0.0160. The highest BCUT2D eigenvalue weighted by Gasteiger charge is 2.29. The van der Waals surface area contributed by atoms with Crippen molar-refractivity contribution < 1.29 is 9.53 Å². The molecule has 2 rings (SSSR count). The van der Waals surface area contributed by atoms with E-state index in [1.807, 2.05) is 6.92 Å². The smallest absolute Gasteiger partial charge is 0.313 e. The molecular formula is C18H30O2. The quantitative estimate of drug-likeness (QED) is 0.529. The lowest BCUT2D eigenvalue weighted by Gasteiger charge is -2.33. The van der Waals surface area contributed by atoms with Crippen molar-refractivity contribution in [3.8, 4) is 0 Å². The molecule has 0 spiro atoms. The summed E-state index contributed by atoms with van der Waals surface area (Å²) in [5, 5.41) is 0. The number of hydrogen-bond acceptors (Lipinski definition) is 2. The Hall–Kier alpha value is -0.790. The fraction of sp³-hybridized carbons (Fsp3) is 0.833. The first-order chi connectivity index (χ1) is 9.76. The summed E-state index contributed by atoms with van der Waals surface area (Å²) < 4.78 is 5.21. The topological polar surface area (TPSA) is 26.3 Å². The van der Waals surface area contributed by atoms with Crippen LogP contribution in [0.4, 0.5) is 0 Å². The van der Waals surface area contributed by atoms with Crippen molar-refractivity contribution in [2.75, 3.05) is 6.61 Å². The molecule has 0 unspecified atom stereocenters. The lowest BCUT2D eigenvalue weighted by atomic mass is 9.72. The molecule has 2 nitrogen and oxygen atoms in total. The summed E-state index contributed by atoms with van der Waals surface area (Å²) in [6, 6.07) is 0. The highest BCUT2D eigenvalue weighted by atomic mass is 16.5. The van der Waals surface area contributed by atoms with Gasteiger partial charge in [0.05, 0.1) is 12.5 Å². The Morgan fingerprint density at radius 1 is 1.20 bits per heavy atom. The van der Waals surface area contributed by atoms with Gasteiger partial charge in [-0.25, -0.2) is 0 Å². The largest absolute Gasteiger partial charge is 0.466 e. The average Bonchev–Trinajstić information content (AvgIpc) is 2.50. The predicted octanol–water partition coefficient (Wildman–Crippen LogP) is 4.88. The number of rotatable bonds is 5. The summed E-state index contributed by atoms with van der Waals surface area (Å²) in [7, 11) is 0. The molecule has 0 bridgehead atoms. The third-order valence-electron chi connectivity index (χ3n) is 5.23. The molecule has 2 aliphatic carbocycles. The van der Waals surface area contributed by atoms with Crippen LogP contribution in [0.1, 0.15) is 71.6 Å². The van der Waals surface area contributed by atoms with E-state index in [4.69, 9.17) is 4.74 Å². The maximum atomic E-state index is 12.0. The zero-order valence-electron chi connectivity index (χ0n) is 13.2. The minimum atomic E-state index is -0.0163. The molecular weight excluding hydrogens is 248 g/mol. The van der Waals surface area contributed by atoms with Crippen molar-refractivity contribution in [1.29, 1.82) is 0 Å². The third kappa shape index (κ3) is 3.86. The van der Waals surface area contributed by atoms with Crippen molar-refractivity contribution in [2.24, 2.45) is 17.8 Å². The van der Waals surface area contributed by atoms with Crippen molar-refractivity contribution >= 4 is 5.97 Å². The molecule has 2 aliphatic rings. The van der Waals surface area contributed by atoms with Gasteiger partial charge in [-0.2, -0.15) is 0 Å². The van der Waals surface area contributed by atoms with E-state index in [-0.39, 0.29) is 11.9 Å². The number of esters is 1. The first-order valence-electron chi connectivity index (χ1n) is 8.61. The summed E-state index contributed by atoms with van der Waals surface area (Å²) in [6.45, 7) is 4.47. The van der Waals surface area contributed by atoms with Gasteiger partial charge < -0.3 is 4.74 Å². The fourth-order valence-corrected chi connectivity index (χ4v) is 4.05. The molecule has 0 aromatic rings. The molecule has 0 aromatic heterocycles. The van der Waals surface area contributed by atoms with Crippen molar-refractivity contribution in [1.82, 2.24) is 0 Å². The third-order valence-corrected chi connectivity index (χ3v) is 5.23. The van der Waals surface area contributed by atoms with Crippen LogP contribution in [-0.4, -0.2) is 12.6 Å². The molecule has 20 heavy (non-hydrogen) atoms. The van der Waals surface area contributed by atoms with Crippen LogP contribution in [0.25, 0.3) is 0 Å². The van der Waals surface area contributed by atoms with E-state index in [1.165, 1.54) is 50.5 Å². The Morgan fingerprint density at radius 2 is 1.95 bits per heavy atom. The molecule has 1 saturated carbocycles. The van der Waals surface area contributed by atoms with Gasteiger partial charge in [0.15, 0.2) is 0 Å². The van der Waals surface area contributed by atoms with E-state index < -0.39 is 0 Å². The van der Waals surface area contributed by atoms with Gasteiger partial charge in [-0.15, -0.1) is 0 Å². The molecule has 0 heterocycles. The van der Waals surface area contributed by atoms with Gasteiger partial charge in [0, 0.05) is 0 Å². The maximum absolute atomic E-state index is 12.0. The van der Waals surface area contributed by atoms with Crippen LogP contribution >= 0.6 is 0 Å². The number of carbonyl (C=O) groups excluding carboxylic acids is 1. The highest BCUT2D eigenvalue weighted by Crippen LogP contribution is 2.39. The van der Waals surface area contributed by atoms with Crippen molar-refractivity contribution in [3.05, 3.63) is 11.6 Å². The fourth-order valence-electron chi connectivity index (χ4n) is 4.05. The van der Waals surface area contributed by atoms with E-state index in [1.54, 1.807) is 0 Å². The lowest BCUT2D eigenvalue weighted by Crippen LogP contribution is -2.24. The molecule has 0 aromatic carbocycles. The van der Waals surface area contributed by atoms with Crippen LogP contribution < -0.4 is 0 Å². The van der Waals surface area contributed by atoms with Gasteiger partial charge in [0.2, 0.25) is 0 Å². The van der Waals surface area contributed by atoms with E-state index >= 15 is 0 Å². The van der Waals surface area contributed by atoms with Gasteiger partial charge in [0.25, 0.3) is 0 Å². The van der Waals surface area contributed by atoms with E-state index in [9.17, 15) is 4.79 Å². The van der Waals surface area contributed by atoms with Gasteiger partial charge in [-0.05, 0) is 44.4 Å². The summed E-state index contributed by atoms with van der Waals surface area (Å²) >= 11 is 0. The van der Waals surface area contributed by atoms with E-state index in [0.717, 1.165) is 24.7 Å². The number of allylic oxidation sites excluding steroid dienone is 1. The Kier molecular flexibility index (Phi) is 6.12. The lowest BCUT2D eigenvalue weighted by molar-refractivity contribution is -0.146. The van der Waals surface area contributed by atoms with Gasteiger partial charge in [0.1, 0.15) is 0 Å². The molecule has 0 N–H and O–H groups in total. The van der Waals surface area contributed by atoms with Crippen LogP contribution in [0.15, 0.2) is 11.6 Å². The molecule has 2 atom stereocenters. The summed E-state index contributed by atoms with van der Waals surface area (Å²) in [5.74, 6) is 1.82. The molecule has 0 radical (unpaired) electrons. The molecule has 0 aliphatic heterocycles. The monoisotopic (exact) mass is 278 g/mol. The number of carbonyl (C=O) groups is 1. The molecule has 2 heteroatoms. The zero-order valence-corrected chi connectivity index (χ0v) is 13.2. The Bertz CT molecular complexity index is 339. The predicted molar refractivity (Wildman–Crippen MR) is 82.4 cm³/mol. The highest BCUT2D eigenvalue weighted by molar-refractivity contribution is 5.75. The van der Waals surface area contributed by atoms with Gasteiger partial charge >= 0.3 is 5.97 Å². The SMILES string of the molecule is CCOC(=O)[C@@H](CC)C1=CC[C@H](C2CCCCC2)CC1. The summed E-state index contributed by atoms with van der Waals surface area (Å²) in [5.41, 5.74) is 1.35. The van der Waals surface area contributed by atoms with Gasteiger partial charge in [-0.1, -0.05) is 50.7 Å². The molecule has 1 fully saturated rings. The second-order valence-electron chi connectivity index (χ2n) is 6.42. The summed E-state index contributed by atoms with van der Waals surface area (Å²) in [6.07, 6.45) is 14.0. The van der Waals surface area contributed by atoms with Crippen LogP contribution in [0, 0.1) is 17.8 Å². The second kappa shape index (κ2) is 7.85. The zero-order chi connectivity index (χ0) is 14.4. The van der Waals surface area contributed by atoms with Crippen molar-refractivity contribution in [2.45, 2.75) is 71.6 Å². The minimum Gasteiger partial charge on any atom is -0.466 e. The molecule has 0 saturated heterocycles.